The third-order valence-corrected chi connectivity index (χ3v) is 19.4. The Bertz CT molecular complexity index is 1820. The van der Waals surface area contributed by atoms with Crippen molar-refractivity contribution < 1.29 is 80.2 Å². The molecule has 0 fully saturated rings. The molecule has 17 nitrogen and oxygen atoms in total. The van der Waals surface area contributed by atoms with Crippen molar-refractivity contribution >= 4 is 39.5 Å². The summed E-state index contributed by atoms with van der Waals surface area (Å²) in [7, 11) is -9.91. The van der Waals surface area contributed by atoms with Gasteiger partial charge in [0.05, 0.1) is 26.4 Å². The lowest BCUT2D eigenvalue weighted by Crippen LogP contribution is -2.30. The summed E-state index contributed by atoms with van der Waals surface area (Å²) in [6, 6.07) is 0. The first kappa shape index (κ1) is 92.1. The number of aliphatic hydroxyl groups is 1. The van der Waals surface area contributed by atoms with Crippen molar-refractivity contribution in [3.63, 3.8) is 0 Å². The van der Waals surface area contributed by atoms with Gasteiger partial charge in [0.2, 0.25) is 0 Å². The zero-order chi connectivity index (χ0) is 69.3. The number of ether oxygens (including phenoxy) is 4. The van der Waals surface area contributed by atoms with E-state index in [9.17, 15) is 43.2 Å². The molecule has 0 amide bonds. The van der Waals surface area contributed by atoms with Crippen LogP contribution in [0.5, 0.6) is 0 Å². The summed E-state index contributed by atoms with van der Waals surface area (Å²) in [4.78, 5) is 72.7. The van der Waals surface area contributed by atoms with Crippen LogP contribution < -0.4 is 0 Å². The molecule has 0 aromatic carbocycles. The van der Waals surface area contributed by atoms with E-state index in [2.05, 4.69) is 41.5 Å². The molecule has 0 aliphatic rings. The van der Waals surface area contributed by atoms with Gasteiger partial charge in [-0.3, -0.25) is 37.3 Å². The normalized spacial score (nSPS) is 14.0. The summed E-state index contributed by atoms with van der Waals surface area (Å²) in [5.74, 6) is -0.580. The van der Waals surface area contributed by atoms with Gasteiger partial charge in [0.15, 0.2) is 12.2 Å². The van der Waals surface area contributed by atoms with Gasteiger partial charge in [0.1, 0.15) is 19.3 Å². The second-order valence-electron chi connectivity index (χ2n) is 28.0. The molecule has 0 heterocycles. The van der Waals surface area contributed by atoms with Gasteiger partial charge in [-0.25, -0.2) is 9.13 Å². The van der Waals surface area contributed by atoms with E-state index < -0.39 is 97.5 Å². The second kappa shape index (κ2) is 66.9. The topological polar surface area (TPSA) is 237 Å². The standard InChI is InChI=1S/C75H146O17P2/c1-7-9-11-13-15-17-19-28-32-39-45-51-57-72(77)85-63-70(91-75(80)60-54-48-42-34-30-26-24-22-21-23-25-27-31-37-43-49-55-67(3)4)65-89-93(81,82)87-61-69(76)62-88-94(83,84)90-66-71(64-86-73(78)58-52-46-40-36-35-38-44-50-56-68(5)6)92-74(79)59-53-47-41-33-29-20-18-16-14-12-10-8-2/h67-71,76H,7-66H2,1-6H3,(H,81,82)(H,83,84)/t69-,70-,71-/m1/s1. The Hall–Kier alpha value is -1.94. The molecule has 0 aromatic rings. The van der Waals surface area contributed by atoms with Crippen molar-refractivity contribution in [1.29, 1.82) is 0 Å². The SMILES string of the molecule is CCCCCCCCCCCCCCC(=O)OC[C@H](COP(=O)(O)OC[C@@H](O)COP(=O)(O)OC[C@@H](COC(=O)CCCCCCCCCCC(C)C)OC(=O)CCCCCCCCCCCCCC)OC(=O)CCCCCCCCCCCCCCCCCCC(C)C. The fraction of sp³-hybridized carbons (Fsp3) is 0.947. The summed E-state index contributed by atoms with van der Waals surface area (Å²) in [5, 5.41) is 10.6. The Labute approximate surface area is 575 Å². The molecule has 0 spiro atoms. The molecule has 0 aromatic heterocycles. The molecular weight excluding hydrogens is 1230 g/mol. The largest absolute Gasteiger partial charge is 0.472 e. The van der Waals surface area contributed by atoms with Crippen LogP contribution in [-0.4, -0.2) is 96.7 Å². The average molecular weight is 1380 g/mol. The highest BCUT2D eigenvalue weighted by molar-refractivity contribution is 7.47. The Morgan fingerprint density at radius 2 is 0.489 bits per heavy atom. The maximum absolute atomic E-state index is 13.1. The Balaban J connectivity index is 5.22. The van der Waals surface area contributed by atoms with Crippen molar-refractivity contribution in [3.8, 4) is 0 Å². The molecule has 3 N–H and O–H groups in total. The first-order valence-electron chi connectivity index (χ1n) is 39.0. The molecule has 0 aliphatic carbocycles. The van der Waals surface area contributed by atoms with E-state index in [1.54, 1.807) is 0 Å². The van der Waals surface area contributed by atoms with Gasteiger partial charge in [0, 0.05) is 25.7 Å². The highest BCUT2D eigenvalue weighted by atomic mass is 31.2. The zero-order valence-corrected chi connectivity index (χ0v) is 63.1. The number of hydrogen-bond acceptors (Lipinski definition) is 15. The molecule has 0 saturated heterocycles. The van der Waals surface area contributed by atoms with E-state index in [1.165, 1.54) is 205 Å². The number of hydrogen-bond donors (Lipinski definition) is 3. The fourth-order valence-electron chi connectivity index (χ4n) is 11.5. The Kier molecular flexibility index (Phi) is 65.5. The molecule has 0 bridgehead atoms. The predicted molar refractivity (Wildman–Crippen MR) is 381 cm³/mol. The fourth-order valence-corrected chi connectivity index (χ4v) is 13.1. The Morgan fingerprint density at radius 1 is 0.287 bits per heavy atom. The van der Waals surface area contributed by atoms with E-state index >= 15 is 0 Å². The second-order valence-corrected chi connectivity index (χ2v) is 30.9. The number of phosphoric ester groups is 2. The number of esters is 4. The molecule has 0 rings (SSSR count). The van der Waals surface area contributed by atoms with Crippen LogP contribution >= 0.6 is 15.6 Å². The van der Waals surface area contributed by atoms with Crippen LogP contribution in [0.3, 0.4) is 0 Å². The highest BCUT2D eigenvalue weighted by Gasteiger charge is 2.30. The number of unbranched alkanes of at least 4 members (excludes halogenated alkanes) is 44. The maximum Gasteiger partial charge on any atom is 0.472 e. The molecule has 0 aliphatic heterocycles. The van der Waals surface area contributed by atoms with Gasteiger partial charge in [-0.2, -0.15) is 0 Å². The van der Waals surface area contributed by atoms with Crippen molar-refractivity contribution in [3.05, 3.63) is 0 Å². The third kappa shape index (κ3) is 68.6. The molecule has 94 heavy (non-hydrogen) atoms. The maximum atomic E-state index is 13.1. The average Bonchev–Trinajstić information content (AvgIpc) is 2.47. The lowest BCUT2D eigenvalue weighted by molar-refractivity contribution is -0.161. The van der Waals surface area contributed by atoms with Crippen LogP contribution in [0.25, 0.3) is 0 Å². The summed E-state index contributed by atoms with van der Waals surface area (Å²) < 4.78 is 68.5. The highest BCUT2D eigenvalue weighted by Crippen LogP contribution is 2.45. The smallest absolute Gasteiger partial charge is 0.462 e. The van der Waals surface area contributed by atoms with Crippen LogP contribution in [-0.2, 0) is 65.4 Å². The van der Waals surface area contributed by atoms with Crippen molar-refractivity contribution in [2.24, 2.45) is 11.8 Å². The summed E-state index contributed by atoms with van der Waals surface area (Å²) >= 11 is 0. The molecule has 558 valence electrons. The van der Waals surface area contributed by atoms with E-state index in [0.717, 1.165) is 102 Å². The minimum absolute atomic E-state index is 0.107. The zero-order valence-electron chi connectivity index (χ0n) is 61.3. The van der Waals surface area contributed by atoms with Gasteiger partial charge in [-0.15, -0.1) is 0 Å². The number of rotatable bonds is 74. The molecule has 0 radical (unpaired) electrons. The predicted octanol–water partition coefficient (Wildman–Crippen LogP) is 21.9. The lowest BCUT2D eigenvalue weighted by atomic mass is 10.0. The lowest BCUT2D eigenvalue weighted by Gasteiger charge is -2.21. The minimum Gasteiger partial charge on any atom is -0.462 e. The summed E-state index contributed by atoms with van der Waals surface area (Å²) in [5.41, 5.74) is 0. The van der Waals surface area contributed by atoms with Gasteiger partial charge in [-0.1, -0.05) is 337 Å². The number of carbonyl (C=O) groups is 4. The monoisotopic (exact) mass is 1380 g/mol. The first-order chi connectivity index (χ1) is 45.4. The Morgan fingerprint density at radius 3 is 0.723 bits per heavy atom. The van der Waals surface area contributed by atoms with Crippen LogP contribution in [0.1, 0.15) is 388 Å². The van der Waals surface area contributed by atoms with E-state index in [-0.39, 0.29) is 25.7 Å². The number of phosphoric acid groups is 2. The quantitative estimate of drug-likeness (QED) is 0.0222. The molecule has 5 atom stereocenters. The van der Waals surface area contributed by atoms with Gasteiger partial charge in [0.25, 0.3) is 0 Å². The van der Waals surface area contributed by atoms with Gasteiger partial charge < -0.3 is 33.8 Å². The molecule has 0 saturated carbocycles. The van der Waals surface area contributed by atoms with Crippen molar-refractivity contribution in [2.45, 2.75) is 407 Å². The molecular formula is C75H146O17P2. The van der Waals surface area contributed by atoms with E-state index in [0.29, 0.717) is 25.7 Å². The van der Waals surface area contributed by atoms with Crippen LogP contribution in [0.4, 0.5) is 0 Å². The molecule has 2 unspecified atom stereocenters. The number of carbonyl (C=O) groups excluding carboxylic acids is 4. The van der Waals surface area contributed by atoms with Gasteiger partial charge >= 0.3 is 39.5 Å². The summed E-state index contributed by atoms with van der Waals surface area (Å²) in [6.45, 7) is 9.58. The van der Waals surface area contributed by atoms with Crippen LogP contribution in [0.15, 0.2) is 0 Å². The summed E-state index contributed by atoms with van der Waals surface area (Å²) in [6.07, 6.45) is 54.0. The first-order valence-corrected chi connectivity index (χ1v) is 42.0. The van der Waals surface area contributed by atoms with Gasteiger partial charge in [-0.05, 0) is 37.5 Å². The number of aliphatic hydroxyl groups excluding tert-OH is 1. The van der Waals surface area contributed by atoms with E-state index in [4.69, 9.17) is 37.0 Å². The van der Waals surface area contributed by atoms with Crippen molar-refractivity contribution in [2.75, 3.05) is 39.6 Å². The molecule has 19 heteroatoms. The minimum atomic E-state index is -4.96. The van der Waals surface area contributed by atoms with Crippen LogP contribution in [0, 0.1) is 11.8 Å². The van der Waals surface area contributed by atoms with E-state index in [1.807, 2.05) is 0 Å². The van der Waals surface area contributed by atoms with Crippen molar-refractivity contribution in [1.82, 2.24) is 0 Å². The third-order valence-electron chi connectivity index (χ3n) is 17.5. The van der Waals surface area contributed by atoms with Crippen LogP contribution in [0.2, 0.25) is 0 Å².